The van der Waals surface area contributed by atoms with Crippen molar-refractivity contribution >= 4 is 11.6 Å². The van der Waals surface area contributed by atoms with E-state index in [1.165, 1.54) is 13.3 Å². The third-order valence-electron chi connectivity index (χ3n) is 1.30. The van der Waals surface area contributed by atoms with Crippen LogP contribution in [0.3, 0.4) is 0 Å². The first-order chi connectivity index (χ1) is 6.29. The average Bonchev–Trinajstić information content (AvgIpc) is 2.54. The molecule has 0 atom stereocenters. The first kappa shape index (κ1) is 9.49. The van der Waals surface area contributed by atoms with Crippen molar-refractivity contribution in [3.63, 3.8) is 0 Å². The van der Waals surface area contributed by atoms with Crippen molar-refractivity contribution in [1.82, 2.24) is 15.0 Å². The summed E-state index contributed by atoms with van der Waals surface area (Å²) < 4.78 is 0. The van der Waals surface area contributed by atoms with Gasteiger partial charge >= 0.3 is 0 Å². The molecule has 0 unspecified atom stereocenters. The summed E-state index contributed by atoms with van der Waals surface area (Å²) in [5, 5.41) is 7.81. The van der Waals surface area contributed by atoms with E-state index in [4.69, 9.17) is 16.9 Å². The lowest BCUT2D eigenvalue weighted by molar-refractivity contribution is 1.13. The lowest BCUT2D eigenvalue weighted by atomic mass is 10.3. The number of hydrogen-bond donors (Lipinski definition) is 1. The molecule has 0 bridgehead atoms. The number of nitrogens with zero attached hydrogens (tertiary/aromatic N) is 3. The van der Waals surface area contributed by atoms with E-state index in [0.717, 1.165) is 11.4 Å². The Morgan fingerprint density at radius 1 is 1.54 bits per heavy atom. The maximum atomic E-state index is 7.32. The van der Waals surface area contributed by atoms with E-state index in [2.05, 4.69) is 15.0 Å². The Labute approximate surface area is 80.5 Å². The number of rotatable bonds is 0. The Bertz CT molecular complexity index is 390. The molecular weight excluding hydrogens is 188 g/mol. The molecule has 2 heterocycles. The quantitative estimate of drug-likeness (QED) is 0.653. The van der Waals surface area contributed by atoms with Crippen LogP contribution in [-0.4, -0.2) is 15.0 Å². The predicted molar refractivity (Wildman–Crippen MR) is 49.3 cm³/mol. The van der Waals surface area contributed by atoms with Crippen LogP contribution in [0.1, 0.15) is 6.92 Å². The Morgan fingerprint density at radius 3 is 2.85 bits per heavy atom. The highest BCUT2D eigenvalue weighted by molar-refractivity contribution is 6.31. The fourth-order valence-corrected chi connectivity index (χ4v) is 1.04. The molecule has 4 nitrogen and oxygen atoms in total. The van der Waals surface area contributed by atoms with Crippen molar-refractivity contribution in [2.45, 2.75) is 6.92 Å². The summed E-state index contributed by atoms with van der Waals surface area (Å²) in [5.74, 6) is 0.778. The second-order valence-electron chi connectivity index (χ2n) is 2.12. The molecule has 0 saturated carbocycles. The van der Waals surface area contributed by atoms with E-state index in [1.54, 1.807) is 12.3 Å². The van der Waals surface area contributed by atoms with Gasteiger partial charge in [-0.15, -0.1) is 0 Å². The molecule has 0 radical (unpaired) electrons. The molecule has 2 aliphatic rings. The minimum Gasteiger partial charge on any atom is -0.330 e. The highest BCUT2D eigenvalue weighted by atomic mass is 35.5. The number of fused-ring (bicyclic) bond motifs is 1. The van der Waals surface area contributed by atoms with Crippen LogP contribution < -0.4 is 0 Å². The van der Waals surface area contributed by atoms with Gasteiger partial charge in [-0.05, 0) is 6.07 Å². The van der Waals surface area contributed by atoms with Crippen LogP contribution in [0.5, 0.6) is 0 Å². The molecule has 2 rings (SSSR count). The topological polar surface area (TPSA) is 65.4 Å². The summed E-state index contributed by atoms with van der Waals surface area (Å²) in [6.45, 7) is 1.43. The molecule has 0 spiro atoms. The van der Waals surface area contributed by atoms with Crippen LogP contribution >= 0.6 is 11.6 Å². The lowest BCUT2D eigenvalue weighted by Gasteiger charge is -1.96. The van der Waals surface area contributed by atoms with Gasteiger partial charge in [0, 0.05) is 13.1 Å². The van der Waals surface area contributed by atoms with Gasteiger partial charge in [0.15, 0.2) is 0 Å². The minimum atomic E-state index is 0.492. The Balaban J connectivity index is 0.000000251. The molecule has 0 aromatic rings. The molecule has 0 aliphatic carbocycles. The summed E-state index contributed by atoms with van der Waals surface area (Å²) >= 11 is 5.73. The maximum absolute atomic E-state index is 7.32. The van der Waals surface area contributed by atoms with Crippen LogP contribution in [0.2, 0.25) is 5.15 Å². The van der Waals surface area contributed by atoms with E-state index < -0.39 is 0 Å². The lowest BCUT2D eigenvalue weighted by Crippen LogP contribution is -1.85. The Hall–Kier alpha value is -1.60. The van der Waals surface area contributed by atoms with Gasteiger partial charge in [0.2, 0.25) is 0 Å². The van der Waals surface area contributed by atoms with Gasteiger partial charge in [-0.3, -0.25) is 0 Å². The van der Waals surface area contributed by atoms with E-state index in [9.17, 15) is 0 Å². The van der Waals surface area contributed by atoms with Gasteiger partial charge in [-0.2, -0.15) is 5.26 Å². The van der Waals surface area contributed by atoms with Gasteiger partial charge in [-0.1, -0.05) is 11.6 Å². The second kappa shape index (κ2) is 4.43. The monoisotopic (exact) mass is 194 g/mol. The van der Waals surface area contributed by atoms with Gasteiger partial charge in [0.25, 0.3) is 0 Å². The zero-order valence-electron chi connectivity index (χ0n) is 6.95. The maximum Gasteiger partial charge on any atom is 0.141 e. The molecule has 0 aromatic carbocycles. The van der Waals surface area contributed by atoms with Gasteiger partial charge in [0.05, 0.1) is 18.0 Å². The molecule has 0 aromatic heterocycles. The number of nitriles is 1. The first-order valence-corrected chi connectivity index (χ1v) is 3.91. The molecule has 5 heteroatoms. The van der Waals surface area contributed by atoms with Crippen LogP contribution in [0.15, 0.2) is 18.6 Å². The van der Waals surface area contributed by atoms with Crippen molar-refractivity contribution in [2.75, 3.05) is 0 Å². The summed E-state index contributed by atoms with van der Waals surface area (Å²) in [6.07, 6.45) is 3.21. The predicted octanol–water partition coefficient (Wildman–Crippen LogP) is 2.09. The molecule has 0 fully saturated rings. The Kier molecular flexibility index (Phi) is 3.23. The molecule has 13 heavy (non-hydrogen) atoms. The number of H-pyrrole nitrogens is 1. The first-order valence-electron chi connectivity index (χ1n) is 3.54. The summed E-state index contributed by atoms with van der Waals surface area (Å²) in [7, 11) is 0. The van der Waals surface area contributed by atoms with E-state index in [1.807, 2.05) is 6.07 Å². The third-order valence-corrected chi connectivity index (χ3v) is 1.60. The fraction of sp³-hybridized carbons (Fsp3) is 0.125. The number of halogens is 1. The van der Waals surface area contributed by atoms with Crippen molar-refractivity contribution in [3.05, 3.63) is 23.7 Å². The molecule has 0 amide bonds. The second-order valence-corrected chi connectivity index (χ2v) is 2.48. The number of aromatic amines is 1. The fourth-order valence-electron chi connectivity index (χ4n) is 0.836. The molecule has 2 aliphatic heterocycles. The van der Waals surface area contributed by atoms with Gasteiger partial charge < -0.3 is 4.98 Å². The SMILES string of the molecule is CC#N.Clc1nc[nH]c2nccc1-2. The summed E-state index contributed by atoms with van der Waals surface area (Å²) in [6, 6.07) is 3.57. The van der Waals surface area contributed by atoms with E-state index in [-0.39, 0.29) is 0 Å². The smallest absolute Gasteiger partial charge is 0.141 e. The summed E-state index contributed by atoms with van der Waals surface area (Å²) in [5.41, 5.74) is 0.865. The molecule has 0 saturated heterocycles. The average molecular weight is 195 g/mol. The minimum absolute atomic E-state index is 0.492. The van der Waals surface area contributed by atoms with E-state index in [0.29, 0.717) is 5.15 Å². The van der Waals surface area contributed by atoms with Crippen molar-refractivity contribution in [2.24, 2.45) is 0 Å². The van der Waals surface area contributed by atoms with Crippen LogP contribution in [0.25, 0.3) is 11.4 Å². The zero-order chi connectivity index (χ0) is 9.68. The van der Waals surface area contributed by atoms with Crippen LogP contribution in [0.4, 0.5) is 0 Å². The zero-order valence-corrected chi connectivity index (χ0v) is 7.71. The largest absolute Gasteiger partial charge is 0.330 e. The van der Waals surface area contributed by atoms with Crippen molar-refractivity contribution in [3.8, 4) is 17.5 Å². The molecule has 66 valence electrons. The highest BCUT2D eigenvalue weighted by Crippen LogP contribution is 2.23. The van der Waals surface area contributed by atoms with Crippen molar-refractivity contribution < 1.29 is 0 Å². The van der Waals surface area contributed by atoms with Gasteiger partial charge in [-0.25, -0.2) is 9.97 Å². The van der Waals surface area contributed by atoms with E-state index >= 15 is 0 Å². The van der Waals surface area contributed by atoms with Crippen molar-refractivity contribution in [1.29, 1.82) is 5.26 Å². The number of hydrogen-bond acceptors (Lipinski definition) is 3. The van der Waals surface area contributed by atoms with Gasteiger partial charge in [0.1, 0.15) is 11.0 Å². The molecule has 1 N–H and O–H groups in total. The van der Waals surface area contributed by atoms with Crippen LogP contribution in [-0.2, 0) is 0 Å². The number of nitrogens with one attached hydrogen (secondary N) is 1. The summed E-state index contributed by atoms with van der Waals surface area (Å²) in [4.78, 5) is 10.7. The third kappa shape index (κ3) is 2.17. The number of aromatic nitrogens is 3. The Morgan fingerprint density at radius 2 is 2.23 bits per heavy atom. The highest BCUT2D eigenvalue weighted by Gasteiger charge is 2.06. The normalized spacial score (nSPS) is 8.69. The van der Waals surface area contributed by atoms with Crippen LogP contribution in [0, 0.1) is 11.3 Å². The molecular formula is C8H7ClN4. The standard InChI is InChI=1S/C6H4ClN3.C2H3N/c7-5-4-1-2-8-6(4)10-3-9-5;1-2-3/h1-3H,(H,8,9,10);1H3.